The van der Waals surface area contributed by atoms with Gasteiger partial charge in [0.2, 0.25) is 0 Å². The molecule has 9 heteroatoms. The molecule has 8 nitrogen and oxygen atoms in total. The SMILES string of the molecule is CCOC(=O)N1CCN(C(c2ccc(F)cc2)c2c(O)cc(C)n(CCOC)c2=O)CC1. The molecule has 1 aliphatic heterocycles. The highest BCUT2D eigenvalue weighted by Gasteiger charge is 2.32. The number of methoxy groups -OCH3 is 1. The van der Waals surface area contributed by atoms with E-state index >= 15 is 0 Å². The first kappa shape index (κ1) is 23.7. The van der Waals surface area contributed by atoms with Crippen LogP contribution in [-0.2, 0) is 16.0 Å². The smallest absolute Gasteiger partial charge is 0.409 e. The summed E-state index contributed by atoms with van der Waals surface area (Å²) >= 11 is 0. The normalized spacial score (nSPS) is 15.6. The molecule has 174 valence electrons. The zero-order chi connectivity index (χ0) is 23.3. The maximum atomic E-state index is 13.6. The Hall–Kier alpha value is -2.91. The molecule has 2 aromatic rings. The number of halogens is 1. The molecule has 1 saturated heterocycles. The lowest BCUT2D eigenvalue weighted by molar-refractivity contribution is 0.0708. The molecular weight excluding hydrogens is 417 g/mol. The average Bonchev–Trinajstić information content (AvgIpc) is 2.77. The highest BCUT2D eigenvalue weighted by atomic mass is 19.1. The van der Waals surface area contributed by atoms with Crippen LogP contribution in [0.4, 0.5) is 9.18 Å². The molecule has 0 bridgehead atoms. The van der Waals surface area contributed by atoms with Crippen molar-refractivity contribution in [3.63, 3.8) is 0 Å². The molecule has 0 aliphatic carbocycles. The minimum atomic E-state index is -0.596. The fourth-order valence-electron chi connectivity index (χ4n) is 4.07. The van der Waals surface area contributed by atoms with Crippen molar-refractivity contribution in [2.24, 2.45) is 0 Å². The maximum absolute atomic E-state index is 13.6. The minimum Gasteiger partial charge on any atom is -0.507 e. The molecule has 1 aliphatic rings. The third-order valence-corrected chi connectivity index (χ3v) is 5.71. The van der Waals surface area contributed by atoms with Crippen molar-refractivity contribution in [3.8, 4) is 5.75 Å². The maximum Gasteiger partial charge on any atom is 0.409 e. The molecule has 0 spiro atoms. The van der Waals surface area contributed by atoms with Crippen molar-refractivity contribution >= 4 is 6.09 Å². The second-order valence-corrected chi connectivity index (χ2v) is 7.71. The van der Waals surface area contributed by atoms with Gasteiger partial charge in [0.15, 0.2) is 0 Å². The highest BCUT2D eigenvalue weighted by Crippen LogP contribution is 2.33. The van der Waals surface area contributed by atoms with Crippen LogP contribution in [0, 0.1) is 12.7 Å². The number of rotatable bonds is 7. The second-order valence-electron chi connectivity index (χ2n) is 7.71. The Labute approximate surface area is 186 Å². The lowest BCUT2D eigenvalue weighted by Gasteiger charge is -2.39. The molecule has 1 aromatic heterocycles. The number of ether oxygens (including phenoxy) is 2. The summed E-state index contributed by atoms with van der Waals surface area (Å²) in [7, 11) is 1.56. The van der Waals surface area contributed by atoms with Gasteiger partial charge in [0.1, 0.15) is 11.6 Å². The van der Waals surface area contributed by atoms with Crippen molar-refractivity contribution in [1.82, 2.24) is 14.4 Å². The number of hydrogen-bond acceptors (Lipinski definition) is 6. The van der Waals surface area contributed by atoms with E-state index in [4.69, 9.17) is 9.47 Å². The third kappa shape index (κ3) is 5.11. The number of hydrogen-bond donors (Lipinski definition) is 1. The number of aromatic hydroxyl groups is 1. The molecule has 2 heterocycles. The first-order chi connectivity index (χ1) is 15.4. The van der Waals surface area contributed by atoms with Gasteiger partial charge in [-0.15, -0.1) is 0 Å². The van der Waals surface area contributed by atoms with E-state index < -0.39 is 6.04 Å². The number of benzene rings is 1. The van der Waals surface area contributed by atoms with Crippen molar-refractivity contribution in [1.29, 1.82) is 0 Å². The number of pyridine rings is 1. The Morgan fingerprint density at radius 3 is 2.44 bits per heavy atom. The zero-order valence-electron chi connectivity index (χ0n) is 18.7. The van der Waals surface area contributed by atoms with Crippen molar-refractivity contribution in [3.05, 3.63) is 63.3 Å². The van der Waals surface area contributed by atoms with Crippen LogP contribution in [-0.4, -0.2) is 72.1 Å². The van der Waals surface area contributed by atoms with Gasteiger partial charge in [-0.2, -0.15) is 0 Å². The Morgan fingerprint density at radius 2 is 1.84 bits per heavy atom. The van der Waals surface area contributed by atoms with E-state index in [0.29, 0.717) is 57.2 Å². The molecule has 1 unspecified atom stereocenters. The van der Waals surface area contributed by atoms with Crippen molar-refractivity contribution < 1.29 is 23.8 Å². The summed E-state index contributed by atoms with van der Waals surface area (Å²) < 4.78 is 25.4. The fourth-order valence-corrected chi connectivity index (χ4v) is 4.07. The standard InChI is InChI=1S/C23H30FN3O5/c1-4-32-23(30)26-11-9-25(10-12-26)21(17-5-7-18(24)8-6-17)20-19(28)15-16(2)27(22(20)29)13-14-31-3/h5-8,15,21,28H,4,9-14H2,1-3H3. The highest BCUT2D eigenvalue weighted by molar-refractivity contribution is 5.67. The zero-order valence-corrected chi connectivity index (χ0v) is 18.7. The number of carbonyl (C=O) groups excluding carboxylic acids is 1. The van der Waals surface area contributed by atoms with Gasteiger partial charge < -0.3 is 24.0 Å². The predicted octanol–water partition coefficient (Wildman–Crippen LogP) is 2.51. The number of nitrogens with zero attached hydrogens (tertiary/aromatic N) is 3. The van der Waals surface area contributed by atoms with E-state index in [1.54, 1.807) is 48.6 Å². The van der Waals surface area contributed by atoms with Gasteiger partial charge in [-0.3, -0.25) is 9.69 Å². The number of amides is 1. The fraction of sp³-hybridized carbons (Fsp3) is 0.478. The lowest BCUT2D eigenvalue weighted by atomic mass is 9.96. The summed E-state index contributed by atoms with van der Waals surface area (Å²) in [5.74, 6) is -0.492. The predicted molar refractivity (Wildman–Crippen MR) is 117 cm³/mol. The van der Waals surface area contributed by atoms with Gasteiger partial charge in [-0.1, -0.05) is 12.1 Å². The van der Waals surface area contributed by atoms with Crippen LogP contribution >= 0.6 is 0 Å². The van der Waals surface area contributed by atoms with Gasteiger partial charge in [-0.25, -0.2) is 9.18 Å². The Bertz CT molecular complexity index is 984. The van der Waals surface area contributed by atoms with E-state index in [2.05, 4.69) is 0 Å². The van der Waals surface area contributed by atoms with E-state index in [9.17, 15) is 19.1 Å². The van der Waals surface area contributed by atoms with Crippen molar-refractivity contribution in [2.75, 3.05) is 46.5 Å². The summed E-state index contributed by atoms with van der Waals surface area (Å²) in [6, 6.07) is 6.89. The Kier molecular flexibility index (Phi) is 7.87. The van der Waals surface area contributed by atoms with E-state index in [-0.39, 0.29) is 28.8 Å². The van der Waals surface area contributed by atoms with Gasteiger partial charge in [0.05, 0.1) is 24.8 Å². The van der Waals surface area contributed by atoms with Crippen LogP contribution in [0.3, 0.4) is 0 Å². The topological polar surface area (TPSA) is 84.2 Å². The molecule has 0 saturated carbocycles. The number of aromatic nitrogens is 1. The van der Waals surface area contributed by atoms with Gasteiger partial charge in [0, 0.05) is 45.5 Å². The van der Waals surface area contributed by atoms with E-state index in [0.717, 1.165) is 0 Å². The van der Waals surface area contributed by atoms with Crippen molar-refractivity contribution in [2.45, 2.75) is 26.4 Å². The molecule has 1 atom stereocenters. The molecule has 0 radical (unpaired) electrons. The van der Waals surface area contributed by atoms with Crippen LogP contribution in [0.5, 0.6) is 5.75 Å². The third-order valence-electron chi connectivity index (χ3n) is 5.71. The van der Waals surface area contributed by atoms with Crippen LogP contribution in [0.25, 0.3) is 0 Å². The molecule has 1 amide bonds. The van der Waals surface area contributed by atoms with Crippen LogP contribution in [0.2, 0.25) is 0 Å². The molecule has 1 N–H and O–H groups in total. The molecular formula is C23H30FN3O5. The first-order valence-electron chi connectivity index (χ1n) is 10.7. The van der Waals surface area contributed by atoms with E-state index in [1.165, 1.54) is 12.1 Å². The molecule has 1 aromatic carbocycles. The van der Waals surface area contributed by atoms with Crippen LogP contribution in [0.1, 0.15) is 29.8 Å². The largest absolute Gasteiger partial charge is 0.507 e. The van der Waals surface area contributed by atoms with Gasteiger partial charge in [-0.05, 0) is 37.6 Å². The summed E-state index contributed by atoms with van der Waals surface area (Å²) in [6.07, 6.45) is -0.370. The number of carbonyl (C=O) groups is 1. The Balaban J connectivity index is 2.01. The summed E-state index contributed by atoms with van der Waals surface area (Å²) in [4.78, 5) is 29.2. The molecule has 32 heavy (non-hydrogen) atoms. The second kappa shape index (κ2) is 10.6. The summed E-state index contributed by atoms with van der Waals surface area (Å²) in [5.41, 5.74) is 1.22. The molecule has 1 fully saturated rings. The average molecular weight is 448 g/mol. The minimum absolute atomic E-state index is 0.108. The Morgan fingerprint density at radius 1 is 1.19 bits per heavy atom. The summed E-state index contributed by atoms with van der Waals surface area (Å²) in [6.45, 7) is 6.28. The first-order valence-corrected chi connectivity index (χ1v) is 10.7. The monoisotopic (exact) mass is 447 g/mol. The number of aryl methyl sites for hydroxylation is 1. The van der Waals surface area contributed by atoms with Gasteiger partial charge in [0.25, 0.3) is 5.56 Å². The van der Waals surface area contributed by atoms with Gasteiger partial charge >= 0.3 is 6.09 Å². The number of piperazine rings is 1. The van der Waals surface area contributed by atoms with Crippen LogP contribution in [0.15, 0.2) is 35.1 Å². The van der Waals surface area contributed by atoms with E-state index in [1.807, 2.05) is 4.90 Å². The van der Waals surface area contributed by atoms with Crippen LogP contribution < -0.4 is 5.56 Å². The summed E-state index contributed by atoms with van der Waals surface area (Å²) in [5, 5.41) is 10.8. The quantitative estimate of drug-likeness (QED) is 0.702. The molecule has 3 rings (SSSR count). The lowest BCUT2D eigenvalue weighted by Crippen LogP contribution is -2.50.